The molecule has 0 saturated heterocycles. The molecule has 0 aliphatic rings. The van der Waals surface area contributed by atoms with Crippen molar-refractivity contribution in [1.82, 2.24) is 10.6 Å². The van der Waals surface area contributed by atoms with Gasteiger partial charge in [0.05, 0.1) is 6.04 Å². The van der Waals surface area contributed by atoms with Crippen LogP contribution in [0.3, 0.4) is 0 Å². The summed E-state index contributed by atoms with van der Waals surface area (Å²) in [6, 6.07) is 18.1. The van der Waals surface area contributed by atoms with Crippen molar-refractivity contribution >= 4 is 28.9 Å². The van der Waals surface area contributed by atoms with Gasteiger partial charge in [0.15, 0.2) is 5.11 Å². The van der Waals surface area contributed by atoms with Crippen LogP contribution in [0.2, 0.25) is 5.02 Å². The molecule has 2 N–H and O–H groups in total. The SMILES string of the molecule is C[C@H](NC(=S)NCc1ccccc1)c1ccc(Cl)cc1. The predicted molar refractivity (Wildman–Crippen MR) is 88.9 cm³/mol. The maximum atomic E-state index is 5.88. The Morgan fingerprint density at radius 3 is 2.40 bits per heavy atom. The van der Waals surface area contributed by atoms with Gasteiger partial charge in [-0.15, -0.1) is 0 Å². The van der Waals surface area contributed by atoms with Crippen molar-refractivity contribution in [3.05, 3.63) is 70.7 Å². The molecule has 0 amide bonds. The van der Waals surface area contributed by atoms with E-state index in [9.17, 15) is 0 Å². The van der Waals surface area contributed by atoms with Gasteiger partial charge >= 0.3 is 0 Å². The van der Waals surface area contributed by atoms with Crippen LogP contribution < -0.4 is 10.6 Å². The van der Waals surface area contributed by atoms with Crippen LogP contribution in [0.15, 0.2) is 54.6 Å². The van der Waals surface area contributed by atoms with Crippen LogP contribution in [0, 0.1) is 0 Å². The highest BCUT2D eigenvalue weighted by Gasteiger charge is 2.06. The fourth-order valence-electron chi connectivity index (χ4n) is 1.86. The fourth-order valence-corrected chi connectivity index (χ4v) is 2.24. The van der Waals surface area contributed by atoms with Gasteiger partial charge in [0.25, 0.3) is 0 Å². The molecular formula is C16H17ClN2S. The number of halogens is 1. The summed E-state index contributed by atoms with van der Waals surface area (Å²) in [6.45, 7) is 2.79. The molecule has 104 valence electrons. The van der Waals surface area contributed by atoms with Crippen molar-refractivity contribution < 1.29 is 0 Å². The third kappa shape index (κ3) is 4.51. The minimum absolute atomic E-state index is 0.142. The lowest BCUT2D eigenvalue weighted by atomic mass is 10.1. The third-order valence-corrected chi connectivity index (χ3v) is 3.53. The van der Waals surface area contributed by atoms with Crippen LogP contribution in [0.1, 0.15) is 24.1 Å². The van der Waals surface area contributed by atoms with E-state index < -0.39 is 0 Å². The highest BCUT2D eigenvalue weighted by Crippen LogP contribution is 2.15. The van der Waals surface area contributed by atoms with Gasteiger partial charge in [-0.2, -0.15) is 0 Å². The summed E-state index contributed by atoms with van der Waals surface area (Å²) >= 11 is 11.2. The highest BCUT2D eigenvalue weighted by atomic mass is 35.5. The molecule has 0 aliphatic heterocycles. The topological polar surface area (TPSA) is 24.1 Å². The lowest BCUT2D eigenvalue weighted by Crippen LogP contribution is -2.36. The van der Waals surface area contributed by atoms with Gasteiger partial charge in [0.2, 0.25) is 0 Å². The first kappa shape index (κ1) is 14.8. The minimum Gasteiger partial charge on any atom is -0.359 e. The Kier molecular flexibility index (Phi) is 5.39. The largest absolute Gasteiger partial charge is 0.359 e. The van der Waals surface area contributed by atoms with E-state index in [0.29, 0.717) is 5.11 Å². The molecule has 0 saturated carbocycles. The van der Waals surface area contributed by atoms with E-state index in [1.807, 2.05) is 42.5 Å². The zero-order chi connectivity index (χ0) is 14.4. The first-order chi connectivity index (χ1) is 9.65. The van der Waals surface area contributed by atoms with Crippen molar-refractivity contribution in [2.24, 2.45) is 0 Å². The summed E-state index contributed by atoms with van der Waals surface area (Å²) in [6.07, 6.45) is 0. The second kappa shape index (κ2) is 7.27. The van der Waals surface area contributed by atoms with E-state index in [4.69, 9.17) is 23.8 Å². The number of hydrogen-bond donors (Lipinski definition) is 2. The number of hydrogen-bond acceptors (Lipinski definition) is 1. The molecule has 0 fully saturated rings. The Labute approximate surface area is 130 Å². The molecule has 0 bridgehead atoms. The van der Waals surface area contributed by atoms with E-state index in [1.54, 1.807) is 0 Å². The second-order valence-corrected chi connectivity index (χ2v) is 5.43. The van der Waals surface area contributed by atoms with Crippen molar-refractivity contribution in [2.75, 3.05) is 0 Å². The summed E-state index contributed by atoms with van der Waals surface area (Å²) < 4.78 is 0. The van der Waals surface area contributed by atoms with E-state index >= 15 is 0 Å². The van der Waals surface area contributed by atoms with E-state index in [2.05, 4.69) is 29.7 Å². The molecular weight excluding hydrogens is 288 g/mol. The van der Waals surface area contributed by atoms with E-state index in [0.717, 1.165) is 17.1 Å². The summed E-state index contributed by atoms with van der Waals surface area (Å²) in [5, 5.41) is 7.86. The van der Waals surface area contributed by atoms with Crippen molar-refractivity contribution in [3.63, 3.8) is 0 Å². The van der Waals surface area contributed by atoms with Crippen LogP contribution in [-0.2, 0) is 6.54 Å². The third-order valence-electron chi connectivity index (χ3n) is 3.01. The summed E-state index contributed by atoms with van der Waals surface area (Å²) in [4.78, 5) is 0. The molecule has 0 unspecified atom stereocenters. The second-order valence-electron chi connectivity index (χ2n) is 4.59. The van der Waals surface area contributed by atoms with Gasteiger partial charge < -0.3 is 10.6 Å². The van der Waals surface area contributed by atoms with Gasteiger partial charge in [0.1, 0.15) is 0 Å². The molecule has 2 rings (SSSR count). The first-order valence-corrected chi connectivity index (χ1v) is 7.27. The molecule has 0 aromatic heterocycles. The maximum absolute atomic E-state index is 5.88. The monoisotopic (exact) mass is 304 g/mol. The number of rotatable bonds is 4. The Bertz CT molecular complexity index is 554. The molecule has 0 spiro atoms. The average molecular weight is 305 g/mol. The van der Waals surface area contributed by atoms with Gasteiger partial charge in [0, 0.05) is 11.6 Å². The quantitative estimate of drug-likeness (QED) is 0.833. The Balaban J connectivity index is 1.83. The van der Waals surface area contributed by atoms with Crippen LogP contribution in [-0.4, -0.2) is 5.11 Å². The molecule has 0 heterocycles. The zero-order valence-corrected chi connectivity index (χ0v) is 12.8. The zero-order valence-electron chi connectivity index (χ0n) is 11.3. The van der Waals surface area contributed by atoms with Crippen LogP contribution in [0.4, 0.5) is 0 Å². The van der Waals surface area contributed by atoms with Gasteiger partial charge in [-0.1, -0.05) is 54.1 Å². The molecule has 4 heteroatoms. The van der Waals surface area contributed by atoms with E-state index in [-0.39, 0.29) is 6.04 Å². The maximum Gasteiger partial charge on any atom is 0.167 e. The van der Waals surface area contributed by atoms with Crippen molar-refractivity contribution in [2.45, 2.75) is 19.5 Å². The Morgan fingerprint density at radius 1 is 1.10 bits per heavy atom. The Morgan fingerprint density at radius 2 is 1.75 bits per heavy atom. The molecule has 20 heavy (non-hydrogen) atoms. The van der Waals surface area contributed by atoms with Crippen molar-refractivity contribution in [1.29, 1.82) is 0 Å². The van der Waals surface area contributed by atoms with E-state index in [1.165, 1.54) is 5.56 Å². The summed E-state index contributed by atoms with van der Waals surface area (Å²) in [5.74, 6) is 0. The van der Waals surface area contributed by atoms with Crippen LogP contribution >= 0.6 is 23.8 Å². The van der Waals surface area contributed by atoms with Gasteiger partial charge in [-0.3, -0.25) is 0 Å². The summed E-state index contributed by atoms with van der Waals surface area (Å²) in [5.41, 5.74) is 2.36. The lowest BCUT2D eigenvalue weighted by molar-refractivity contribution is 0.698. The predicted octanol–water partition coefficient (Wildman–Crippen LogP) is 4.07. The van der Waals surface area contributed by atoms with Crippen LogP contribution in [0.25, 0.3) is 0 Å². The van der Waals surface area contributed by atoms with Crippen LogP contribution in [0.5, 0.6) is 0 Å². The van der Waals surface area contributed by atoms with Gasteiger partial charge in [-0.05, 0) is 42.4 Å². The normalized spacial score (nSPS) is 11.7. The molecule has 0 radical (unpaired) electrons. The fraction of sp³-hybridized carbons (Fsp3) is 0.188. The molecule has 2 aromatic rings. The minimum atomic E-state index is 0.142. The first-order valence-electron chi connectivity index (χ1n) is 6.49. The molecule has 0 aliphatic carbocycles. The molecule has 2 aromatic carbocycles. The smallest absolute Gasteiger partial charge is 0.167 e. The number of benzene rings is 2. The highest BCUT2D eigenvalue weighted by molar-refractivity contribution is 7.80. The average Bonchev–Trinajstić information content (AvgIpc) is 2.47. The number of nitrogens with one attached hydrogen (secondary N) is 2. The lowest BCUT2D eigenvalue weighted by Gasteiger charge is -2.17. The molecule has 1 atom stereocenters. The molecule has 2 nitrogen and oxygen atoms in total. The number of thiocarbonyl (C=S) groups is 1. The standard InChI is InChI=1S/C16H17ClN2S/c1-12(14-7-9-15(17)10-8-14)19-16(20)18-11-13-5-3-2-4-6-13/h2-10,12H,11H2,1H3,(H2,18,19,20)/t12-/m0/s1. The summed E-state index contributed by atoms with van der Waals surface area (Å²) in [7, 11) is 0. The van der Waals surface area contributed by atoms with Gasteiger partial charge in [-0.25, -0.2) is 0 Å². The van der Waals surface area contributed by atoms with Crippen molar-refractivity contribution in [3.8, 4) is 0 Å². The Hall–Kier alpha value is -1.58.